The highest BCUT2D eigenvalue weighted by molar-refractivity contribution is 5.99. The third-order valence-corrected chi connectivity index (χ3v) is 5.65. The SMILES string of the molecule is CC(C)(O)CCc1ccc(CN2CCCN3C(=O)c4ccccc4C23)cc1. The molecule has 27 heavy (non-hydrogen) atoms. The number of carbonyl (C=O) groups excluding carboxylic acids is 1. The second kappa shape index (κ2) is 7.10. The molecule has 1 unspecified atom stereocenters. The Morgan fingerprint density at radius 3 is 2.48 bits per heavy atom. The largest absolute Gasteiger partial charge is 0.390 e. The summed E-state index contributed by atoms with van der Waals surface area (Å²) in [6.45, 7) is 6.39. The molecule has 4 heteroatoms. The first kappa shape index (κ1) is 18.2. The molecule has 1 amide bonds. The lowest BCUT2D eigenvalue weighted by Gasteiger charge is -2.40. The van der Waals surface area contributed by atoms with Gasteiger partial charge in [0.25, 0.3) is 5.91 Å². The Labute approximate surface area is 161 Å². The highest BCUT2D eigenvalue weighted by Crippen LogP contribution is 2.39. The molecule has 0 aromatic heterocycles. The van der Waals surface area contributed by atoms with Gasteiger partial charge in [-0.3, -0.25) is 9.69 Å². The Balaban J connectivity index is 1.49. The normalized spacial score (nSPS) is 19.9. The van der Waals surface area contributed by atoms with Crippen LogP contribution in [0.25, 0.3) is 0 Å². The summed E-state index contributed by atoms with van der Waals surface area (Å²) in [4.78, 5) is 17.1. The average molecular weight is 364 g/mol. The molecular formula is C23H28N2O2. The van der Waals surface area contributed by atoms with E-state index in [0.29, 0.717) is 0 Å². The fourth-order valence-corrected chi connectivity index (χ4v) is 4.20. The van der Waals surface area contributed by atoms with Crippen LogP contribution in [0, 0.1) is 0 Å². The van der Waals surface area contributed by atoms with Crippen LogP contribution in [-0.2, 0) is 13.0 Å². The first-order chi connectivity index (χ1) is 12.9. The van der Waals surface area contributed by atoms with Crippen LogP contribution >= 0.6 is 0 Å². The van der Waals surface area contributed by atoms with Crippen molar-refractivity contribution < 1.29 is 9.90 Å². The van der Waals surface area contributed by atoms with Gasteiger partial charge in [-0.05, 0) is 50.3 Å². The molecule has 0 saturated carbocycles. The highest BCUT2D eigenvalue weighted by atomic mass is 16.3. The van der Waals surface area contributed by atoms with Crippen LogP contribution in [0.3, 0.4) is 0 Å². The molecular weight excluding hydrogens is 336 g/mol. The molecule has 2 aromatic rings. The summed E-state index contributed by atoms with van der Waals surface area (Å²) in [5.41, 5.74) is 3.89. The van der Waals surface area contributed by atoms with E-state index < -0.39 is 5.60 Å². The first-order valence-corrected chi connectivity index (χ1v) is 9.86. The van der Waals surface area contributed by atoms with E-state index in [-0.39, 0.29) is 12.1 Å². The summed E-state index contributed by atoms with van der Waals surface area (Å²) in [6, 6.07) is 16.7. The first-order valence-electron chi connectivity index (χ1n) is 9.86. The van der Waals surface area contributed by atoms with Gasteiger partial charge in [-0.2, -0.15) is 0 Å². The molecule has 142 valence electrons. The van der Waals surface area contributed by atoms with Crippen molar-refractivity contribution in [2.45, 2.75) is 51.4 Å². The summed E-state index contributed by atoms with van der Waals surface area (Å²) in [5.74, 6) is 0.169. The van der Waals surface area contributed by atoms with Crippen LogP contribution in [0.4, 0.5) is 0 Å². The Bertz CT molecular complexity index is 823. The van der Waals surface area contributed by atoms with E-state index in [1.807, 2.05) is 36.9 Å². The average Bonchev–Trinajstić information content (AvgIpc) is 2.95. The molecule has 1 fully saturated rings. The number of benzene rings is 2. The second-order valence-electron chi connectivity index (χ2n) is 8.41. The lowest BCUT2D eigenvalue weighted by atomic mass is 9.98. The molecule has 4 rings (SSSR count). The number of hydrogen-bond acceptors (Lipinski definition) is 3. The Kier molecular flexibility index (Phi) is 4.79. The van der Waals surface area contributed by atoms with E-state index in [1.54, 1.807) is 0 Å². The van der Waals surface area contributed by atoms with E-state index in [0.717, 1.165) is 50.0 Å². The minimum absolute atomic E-state index is 0.0670. The molecule has 0 bridgehead atoms. The lowest BCUT2D eigenvalue weighted by molar-refractivity contribution is 0.0124. The summed E-state index contributed by atoms with van der Waals surface area (Å²) in [7, 11) is 0. The van der Waals surface area contributed by atoms with Crippen LogP contribution in [0.5, 0.6) is 0 Å². The Hall–Kier alpha value is -2.17. The Morgan fingerprint density at radius 2 is 1.74 bits per heavy atom. The molecule has 1 saturated heterocycles. The number of fused-ring (bicyclic) bond motifs is 3. The highest BCUT2D eigenvalue weighted by Gasteiger charge is 2.41. The van der Waals surface area contributed by atoms with Crippen LogP contribution in [0.1, 0.15) is 59.9 Å². The van der Waals surface area contributed by atoms with E-state index in [1.165, 1.54) is 11.1 Å². The molecule has 1 atom stereocenters. The van der Waals surface area contributed by atoms with E-state index in [4.69, 9.17) is 0 Å². The van der Waals surface area contributed by atoms with Crippen molar-refractivity contribution in [1.29, 1.82) is 0 Å². The number of hydrogen-bond donors (Lipinski definition) is 1. The molecule has 2 aliphatic rings. The third-order valence-electron chi connectivity index (χ3n) is 5.65. The fourth-order valence-electron chi connectivity index (χ4n) is 4.20. The van der Waals surface area contributed by atoms with Crippen LogP contribution < -0.4 is 0 Å². The van der Waals surface area contributed by atoms with E-state index in [2.05, 4.69) is 35.2 Å². The van der Waals surface area contributed by atoms with Crippen LogP contribution in [-0.4, -0.2) is 39.5 Å². The van der Waals surface area contributed by atoms with Gasteiger partial charge in [0.05, 0.1) is 5.60 Å². The molecule has 0 aliphatic carbocycles. The van der Waals surface area contributed by atoms with Gasteiger partial charge in [0.15, 0.2) is 0 Å². The fraction of sp³-hybridized carbons (Fsp3) is 0.435. The maximum Gasteiger partial charge on any atom is 0.255 e. The number of aliphatic hydroxyl groups is 1. The summed E-state index contributed by atoms with van der Waals surface area (Å²) >= 11 is 0. The summed E-state index contributed by atoms with van der Waals surface area (Å²) < 4.78 is 0. The zero-order valence-corrected chi connectivity index (χ0v) is 16.2. The maximum absolute atomic E-state index is 12.7. The van der Waals surface area contributed by atoms with Gasteiger partial charge in [0.1, 0.15) is 6.17 Å². The number of aryl methyl sites for hydroxylation is 1. The van der Waals surface area contributed by atoms with Gasteiger partial charge < -0.3 is 10.0 Å². The van der Waals surface area contributed by atoms with Crippen molar-refractivity contribution in [3.63, 3.8) is 0 Å². The molecule has 0 spiro atoms. The van der Waals surface area contributed by atoms with Crippen molar-refractivity contribution in [2.75, 3.05) is 13.1 Å². The van der Waals surface area contributed by atoms with Crippen molar-refractivity contribution in [3.8, 4) is 0 Å². The van der Waals surface area contributed by atoms with Gasteiger partial charge in [0, 0.05) is 30.8 Å². The van der Waals surface area contributed by atoms with Crippen molar-refractivity contribution in [3.05, 3.63) is 70.8 Å². The van der Waals surface area contributed by atoms with Crippen LogP contribution in [0.15, 0.2) is 48.5 Å². The number of rotatable bonds is 5. The number of nitrogens with zero attached hydrogens (tertiary/aromatic N) is 2. The van der Waals surface area contributed by atoms with Gasteiger partial charge >= 0.3 is 0 Å². The quantitative estimate of drug-likeness (QED) is 0.879. The van der Waals surface area contributed by atoms with Gasteiger partial charge in [0.2, 0.25) is 0 Å². The van der Waals surface area contributed by atoms with Crippen molar-refractivity contribution in [2.24, 2.45) is 0 Å². The lowest BCUT2D eigenvalue weighted by Crippen LogP contribution is -2.45. The third kappa shape index (κ3) is 3.78. The number of carbonyl (C=O) groups is 1. The second-order valence-corrected chi connectivity index (χ2v) is 8.41. The van der Waals surface area contributed by atoms with Gasteiger partial charge in [-0.1, -0.05) is 42.5 Å². The van der Waals surface area contributed by atoms with Gasteiger partial charge in [-0.25, -0.2) is 0 Å². The monoisotopic (exact) mass is 364 g/mol. The smallest absolute Gasteiger partial charge is 0.255 e. The molecule has 1 N–H and O–H groups in total. The standard InChI is InChI=1S/C23H28N2O2/c1-23(2,27)13-12-17-8-10-18(11-9-17)16-24-14-5-15-25-21(24)19-6-3-4-7-20(19)22(25)26/h3-4,6-11,21,27H,5,12-16H2,1-2H3. The zero-order valence-electron chi connectivity index (χ0n) is 16.2. The maximum atomic E-state index is 12.7. The topological polar surface area (TPSA) is 43.8 Å². The molecule has 2 heterocycles. The predicted octanol–water partition coefficient (Wildman–Crippen LogP) is 3.75. The Morgan fingerprint density at radius 1 is 1.04 bits per heavy atom. The van der Waals surface area contributed by atoms with Crippen molar-refractivity contribution >= 4 is 5.91 Å². The molecule has 4 nitrogen and oxygen atoms in total. The van der Waals surface area contributed by atoms with E-state index >= 15 is 0 Å². The molecule has 2 aromatic carbocycles. The summed E-state index contributed by atoms with van der Waals surface area (Å²) in [5, 5.41) is 9.90. The van der Waals surface area contributed by atoms with Crippen molar-refractivity contribution in [1.82, 2.24) is 9.80 Å². The van der Waals surface area contributed by atoms with Crippen LogP contribution in [0.2, 0.25) is 0 Å². The summed E-state index contributed by atoms with van der Waals surface area (Å²) in [6.07, 6.45) is 2.72. The minimum Gasteiger partial charge on any atom is -0.390 e. The van der Waals surface area contributed by atoms with Gasteiger partial charge in [-0.15, -0.1) is 0 Å². The molecule has 0 radical (unpaired) electrons. The number of amides is 1. The zero-order chi connectivity index (χ0) is 19.0. The molecule has 2 aliphatic heterocycles. The minimum atomic E-state index is -0.627. The van der Waals surface area contributed by atoms with E-state index in [9.17, 15) is 9.90 Å². The predicted molar refractivity (Wildman–Crippen MR) is 106 cm³/mol.